The molecular weight excluding hydrogens is 272 g/mol. The lowest BCUT2D eigenvalue weighted by Gasteiger charge is -2.36. The van der Waals surface area contributed by atoms with Gasteiger partial charge in [-0.15, -0.1) is 0 Å². The van der Waals surface area contributed by atoms with Gasteiger partial charge < -0.3 is 5.32 Å². The summed E-state index contributed by atoms with van der Waals surface area (Å²) >= 11 is 0. The average Bonchev–Trinajstić information content (AvgIpc) is 2.41. The highest BCUT2D eigenvalue weighted by Crippen LogP contribution is 2.24. The van der Waals surface area contributed by atoms with E-state index in [0.717, 1.165) is 18.5 Å². The van der Waals surface area contributed by atoms with Crippen LogP contribution in [0, 0.1) is 12.8 Å². The number of hydrogen-bond donors (Lipinski definition) is 1. The van der Waals surface area contributed by atoms with E-state index in [4.69, 9.17) is 0 Å². The average molecular weight is 296 g/mol. The Morgan fingerprint density at radius 1 is 1.40 bits per heavy atom. The summed E-state index contributed by atoms with van der Waals surface area (Å²) in [6.07, 6.45) is 0.875. The Balaban J connectivity index is 2.16. The highest BCUT2D eigenvalue weighted by molar-refractivity contribution is 7.89. The van der Waals surface area contributed by atoms with Gasteiger partial charge in [-0.05, 0) is 43.5 Å². The first-order valence-corrected chi connectivity index (χ1v) is 8.69. The highest BCUT2D eigenvalue weighted by atomic mass is 32.2. The molecule has 2 rings (SSSR count). The predicted molar refractivity (Wildman–Crippen MR) is 81.2 cm³/mol. The Morgan fingerprint density at radius 2 is 2.15 bits per heavy atom. The molecule has 0 spiro atoms. The molecule has 1 fully saturated rings. The molecule has 1 heterocycles. The van der Waals surface area contributed by atoms with Gasteiger partial charge in [0.1, 0.15) is 0 Å². The number of sulfonamides is 1. The van der Waals surface area contributed by atoms with Crippen LogP contribution in [0.4, 0.5) is 0 Å². The normalized spacial score (nSPS) is 24.8. The maximum atomic E-state index is 12.7. The molecule has 2 atom stereocenters. The Labute approximate surface area is 122 Å². The van der Waals surface area contributed by atoms with Crippen LogP contribution in [0.15, 0.2) is 29.2 Å². The van der Waals surface area contributed by atoms with Crippen molar-refractivity contribution in [2.75, 3.05) is 19.6 Å². The summed E-state index contributed by atoms with van der Waals surface area (Å²) in [5.41, 5.74) is 0.974. The standard InChI is InChI=1S/C15H24N2O2S/c1-4-16-15-8-9-17(11-13(15)3)20(18,19)14-7-5-6-12(2)10-14/h5-7,10,13,15-16H,4,8-9,11H2,1-3H3. The van der Waals surface area contributed by atoms with Gasteiger partial charge in [0.25, 0.3) is 0 Å². The molecule has 0 aliphatic carbocycles. The minimum atomic E-state index is -3.35. The Bertz CT molecular complexity index is 557. The van der Waals surface area contributed by atoms with E-state index >= 15 is 0 Å². The predicted octanol–water partition coefficient (Wildman–Crippen LogP) is 2.00. The third-order valence-electron chi connectivity index (χ3n) is 3.96. The van der Waals surface area contributed by atoms with Gasteiger partial charge in [0, 0.05) is 19.1 Å². The largest absolute Gasteiger partial charge is 0.314 e. The van der Waals surface area contributed by atoms with Crippen molar-refractivity contribution in [3.63, 3.8) is 0 Å². The molecule has 2 unspecified atom stereocenters. The molecule has 0 aromatic heterocycles. The summed E-state index contributed by atoms with van der Waals surface area (Å²) in [6, 6.07) is 7.57. The topological polar surface area (TPSA) is 49.4 Å². The van der Waals surface area contributed by atoms with Crippen molar-refractivity contribution in [2.24, 2.45) is 5.92 Å². The molecule has 1 aliphatic rings. The summed E-state index contributed by atoms with van der Waals surface area (Å²) in [5.74, 6) is 0.336. The van der Waals surface area contributed by atoms with Gasteiger partial charge in [0.15, 0.2) is 0 Å². The first-order chi connectivity index (χ1) is 9.45. The zero-order chi connectivity index (χ0) is 14.8. The molecule has 1 saturated heterocycles. The van der Waals surface area contributed by atoms with Crippen LogP contribution in [-0.2, 0) is 10.0 Å². The van der Waals surface area contributed by atoms with E-state index in [9.17, 15) is 8.42 Å². The van der Waals surface area contributed by atoms with E-state index in [1.165, 1.54) is 0 Å². The van der Waals surface area contributed by atoms with Crippen LogP contribution in [0.25, 0.3) is 0 Å². The van der Waals surface area contributed by atoms with E-state index in [1.54, 1.807) is 22.5 Å². The maximum absolute atomic E-state index is 12.7. The fraction of sp³-hybridized carbons (Fsp3) is 0.600. The summed E-state index contributed by atoms with van der Waals surface area (Å²) in [7, 11) is -3.35. The SMILES string of the molecule is CCNC1CCN(S(=O)(=O)c2cccc(C)c2)CC1C. The van der Waals surface area contributed by atoms with Crippen LogP contribution in [-0.4, -0.2) is 38.4 Å². The lowest BCUT2D eigenvalue weighted by molar-refractivity contribution is 0.222. The monoisotopic (exact) mass is 296 g/mol. The van der Waals surface area contributed by atoms with E-state index < -0.39 is 10.0 Å². The molecule has 0 amide bonds. The summed E-state index contributed by atoms with van der Waals surface area (Å²) < 4.78 is 26.9. The van der Waals surface area contributed by atoms with Gasteiger partial charge in [-0.3, -0.25) is 0 Å². The van der Waals surface area contributed by atoms with Crippen molar-refractivity contribution >= 4 is 10.0 Å². The van der Waals surface area contributed by atoms with Crippen LogP contribution in [0.2, 0.25) is 0 Å². The maximum Gasteiger partial charge on any atom is 0.243 e. The van der Waals surface area contributed by atoms with E-state index in [-0.39, 0.29) is 0 Å². The van der Waals surface area contributed by atoms with Crippen molar-refractivity contribution in [2.45, 2.75) is 38.1 Å². The number of nitrogens with zero attached hydrogens (tertiary/aromatic N) is 1. The van der Waals surface area contributed by atoms with Crippen LogP contribution < -0.4 is 5.32 Å². The zero-order valence-corrected chi connectivity index (χ0v) is 13.3. The van der Waals surface area contributed by atoms with E-state index in [2.05, 4.69) is 19.2 Å². The van der Waals surface area contributed by atoms with Crippen LogP contribution in [0.3, 0.4) is 0 Å². The fourth-order valence-corrected chi connectivity index (χ4v) is 4.48. The molecule has 1 N–H and O–H groups in total. The first-order valence-electron chi connectivity index (χ1n) is 7.25. The lowest BCUT2D eigenvalue weighted by atomic mass is 9.95. The summed E-state index contributed by atoms with van der Waals surface area (Å²) in [5, 5.41) is 3.43. The molecule has 0 saturated carbocycles. The van der Waals surface area contributed by atoms with Gasteiger partial charge in [-0.1, -0.05) is 26.0 Å². The Hall–Kier alpha value is -0.910. The molecule has 1 aromatic carbocycles. The van der Waals surface area contributed by atoms with Crippen molar-refractivity contribution in [1.82, 2.24) is 9.62 Å². The number of rotatable bonds is 4. The lowest BCUT2D eigenvalue weighted by Crippen LogP contribution is -2.49. The third-order valence-corrected chi connectivity index (χ3v) is 5.82. The number of aryl methyl sites for hydroxylation is 1. The second kappa shape index (κ2) is 6.24. The van der Waals surface area contributed by atoms with Crippen molar-refractivity contribution in [1.29, 1.82) is 0 Å². The molecule has 20 heavy (non-hydrogen) atoms. The molecule has 1 aromatic rings. The van der Waals surface area contributed by atoms with Crippen molar-refractivity contribution < 1.29 is 8.42 Å². The molecule has 1 aliphatic heterocycles. The number of nitrogens with one attached hydrogen (secondary N) is 1. The summed E-state index contributed by atoms with van der Waals surface area (Å²) in [6.45, 7) is 8.23. The molecule has 4 nitrogen and oxygen atoms in total. The van der Waals surface area contributed by atoms with Gasteiger partial charge in [-0.2, -0.15) is 4.31 Å². The number of piperidine rings is 1. The van der Waals surface area contributed by atoms with Crippen LogP contribution in [0.5, 0.6) is 0 Å². The highest BCUT2D eigenvalue weighted by Gasteiger charge is 2.33. The van der Waals surface area contributed by atoms with Gasteiger partial charge >= 0.3 is 0 Å². The second-order valence-electron chi connectivity index (χ2n) is 5.61. The smallest absolute Gasteiger partial charge is 0.243 e. The van der Waals surface area contributed by atoms with Crippen molar-refractivity contribution in [3.05, 3.63) is 29.8 Å². The van der Waals surface area contributed by atoms with Crippen LogP contribution >= 0.6 is 0 Å². The van der Waals surface area contributed by atoms with E-state index in [1.807, 2.05) is 13.0 Å². The molecule has 0 bridgehead atoms. The van der Waals surface area contributed by atoms with Gasteiger partial charge in [-0.25, -0.2) is 8.42 Å². The molecule has 112 valence electrons. The third kappa shape index (κ3) is 3.22. The fourth-order valence-electron chi connectivity index (χ4n) is 2.82. The van der Waals surface area contributed by atoms with Crippen molar-refractivity contribution in [3.8, 4) is 0 Å². The molecular formula is C15H24N2O2S. The number of benzene rings is 1. The first kappa shape index (κ1) is 15.5. The van der Waals surface area contributed by atoms with Gasteiger partial charge in [0.05, 0.1) is 4.90 Å². The second-order valence-corrected chi connectivity index (χ2v) is 7.55. The zero-order valence-electron chi connectivity index (χ0n) is 12.5. The van der Waals surface area contributed by atoms with Gasteiger partial charge in [0.2, 0.25) is 10.0 Å². The Morgan fingerprint density at radius 3 is 2.75 bits per heavy atom. The minimum absolute atomic E-state index is 0.336. The minimum Gasteiger partial charge on any atom is -0.314 e. The van der Waals surface area contributed by atoms with Crippen LogP contribution in [0.1, 0.15) is 25.8 Å². The quantitative estimate of drug-likeness (QED) is 0.924. The number of hydrogen-bond acceptors (Lipinski definition) is 3. The summed E-state index contributed by atoms with van der Waals surface area (Å²) in [4.78, 5) is 0.409. The molecule has 5 heteroatoms. The molecule has 0 radical (unpaired) electrons. The van der Waals surface area contributed by atoms with E-state index in [0.29, 0.717) is 29.9 Å². The Kier molecular flexibility index (Phi) is 4.83.